The number of amides is 1. The first-order valence-corrected chi connectivity index (χ1v) is 8.48. The average molecular weight is 355 g/mol. The topological polar surface area (TPSA) is 78.8 Å². The highest BCUT2D eigenvalue weighted by Gasteiger charge is 2.07. The largest absolute Gasteiger partial charge is 0.492 e. The monoisotopic (exact) mass is 355 g/mol. The summed E-state index contributed by atoms with van der Waals surface area (Å²) in [5.74, 6) is 1.46. The van der Waals surface area contributed by atoms with Gasteiger partial charge >= 0.3 is 0 Å². The Kier molecular flexibility index (Phi) is 7.92. The number of benzene rings is 1. The van der Waals surface area contributed by atoms with Crippen molar-refractivity contribution >= 4 is 11.9 Å². The second-order valence-electron chi connectivity index (χ2n) is 5.55. The first kappa shape index (κ1) is 19.2. The van der Waals surface area contributed by atoms with Gasteiger partial charge in [0.05, 0.1) is 12.1 Å². The van der Waals surface area contributed by atoms with Crippen LogP contribution in [-0.2, 0) is 0 Å². The first-order valence-electron chi connectivity index (χ1n) is 8.48. The molecule has 0 fully saturated rings. The summed E-state index contributed by atoms with van der Waals surface area (Å²) in [5, 5.41) is 6.06. The summed E-state index contributed by atoms with van der Waals surface area (Å²) in [6.07, 6.45) is 3.18. The molecule has 138 valence electrons. The molecule has 2 rings (SSSR count). The van der Waals surface area contributed by atoms with Crippen LogP contribution >= 0.6 is 0 Å². The summed E-state index contributed by atoms with van der Waals surface area (Å²) >= 11 is 0. The molecule has 0 aliphatic carbocycles. The van der Waals surface area contributed by atoms with Crippen molar-refractivity contribution < 1.29 is 9.53 Å². The van der Waals surface area contributed by atoms with Gasteiger partial charge in [-0.05, 0) is 24.3 Å². The Bertz CT molecular complexity index is 692. The molecule has 7 heteroatoms. The van der Waals surface area contributed by atoms with Crippen molar-refractivity contribution in [3.05, 3.63) is 60.4 Å². The zero-order valence-corrected chi connectivity index (χ0v) is 15.2. The standard InChI is InChI=1S/C19H25N5O2/c1-20-19(24(2)13-14-26-17-8-4-3-5-9-17)23-12-11-22-18(25)16-7-6-10-21-15-16/h3-10,15H,11-14H2,1-2H3,(H,20,23)(H,22,25). The predicted octanol–water partition coefficient (Wildman–Crippen LogP) is 1.40. The smallest absolute Gasteiger partial charge is 0.252 e. The van der Waals surface area contributed by atoms with Gasteiger partial charge in [-0.15, -0.1) is 0 Å². The number of carbonyl (C=O) groups is 1. The number of aromatic nitrogens is 1. The molecule has 0 spiro atoms. The third-order valence-electron chi connectivity index (χ3n) is 3.63. The number of hydrogen-bond donors (Lipinski definition) is 2. The molecule has 0 radical (unpaired) electrons. The van der Waals surface area contributed by atoms with Crippen LogP contribution in [0.1, 0.15) is 10.4 Å². The maximum Gasteiger partial charge on any atom is 0.252 e. The van der Waals surface area contributed by atoms with Gasteiger partial charge in [-0.1, -0.05) is 18.2 Å². The first-order chi connectivity index (χ1) is 12.7. The van der Waals surface area contributed by atoms with Gasteiger partial charge in [0.2, 0.25) is 0 Å². The van der Waals surface area contributed by atoms with Crippen LogP contribution in [-0.4, -0.2) is 62.1 Å². The number of ether oxygens (including phenoxy) is 1. The Balaban J connectivity index is 1.65. The fraction of sp³-hybridized carbons (Fsp3) is 0.316. The van der Waals surface area contributed by atoms with E-state index >= 15 is 0 Å². The van der Waals surface area contributed by atoms with Gasteiger partial charge in [0, 0.05) is 39.6 Å². The SMILES string of the molecule is CN=C(NCCNC(=O)c1cccnc1)N(C)CCOc1ccccc1. The molecule has 0 bridgehead atoms. The molecule has 1 aromatic carbocycles. The van der Waals surface area contributed by atoms with Crippen LogP contribution in [0.4, 0.5) is 0 Å². The van der Waals surface area contributed by atoms with Crippen molar-refractivity contribution in [2.24, 2.45) is 4.99 Å². The van der Waals surface area contributed by atoms with Crippen LogP contribution in [0, 0.1) is 0 Å². The van der Waals surface area contributed by atoms with E-state index in [-0.39, 0.29) is 5.91 Å². The van der Waals surface area contributed by atoms with Gasteiger partial charge in [0.25, 0.3) is 5.91 Å². The Morgan fingerprint density at radius 2 is 1.92 bits per heavy atom. The van der Waals surface area contributed by atoms with Crippen LogP contribution in [0.5, 0.6) is 5.75 Å². The Morgan fingerprint density at radius 1 is 1.15 bits per heavy atom. The number of rotatable bonds is 8. The molecule has 7 nitrogen and oxygen atoms in total. The van der Waals surface area contributed by atoms with E-state index in [9.17, 15) is 4.79 Å². The number of nitrogens with zero attached hydrogens (tertiary/aromatic N) is 3. The number of likely N-dealkylation sites (N-methyl/N-ethyl adjacent to an activating group) is 1. The molecule has 2 aromatic rings. The van der Waals surface area contributed by atoms with Crippen molar-refractivity contribution in [1.29, 1.82) is 0 Å². The van der Waals surface area contributed by atoms with E-state index in [1.165, 1.54) is 0 Å². The van der Waals surface area contributed by atoms with E-state index in [4.69, 9.17) is 4.74 Å². The van der Waals surface area contributed by atoms with E-state index in [0.717, 1.165) is 11.7 Å². The van der Waals surface area contributed by atoms with Crippen molar-refractivity contribution in [2.45, 2.75) is 0 Å². The summed E-state index contributed by atoms with van der Waals surface area (Å²) in [6.45, 7) is 2.30. The van der Waals surface area contributed by atoms with Gasteiger partial charge < -0.3 is 20.3 Å². The summed E-state index contributed by atoms with van der Waals surface area (Å²) < 4.78 is 5.69. The molecular weight excluding hydrogens is 330 g/mol. The summed E-state index contributed by atoms with van der Waals surface area (Å²) in [6, 6.07) is 13.2. The third kappa shape index (κ3) is 6.43. The molecule has 2 N–H and O–H groups in total. The van der Waals surface area contributed by atoms with Crippen molar-refractivity contribution in [2.75, 3.05) is 40.3 Å². The van der Waals surface area contributed by atoms with Crippen LogP contribution in [0.15, 0.2) is 59.9 Å². The molecule has 0 saturated heterocycles. The lowest BCUT2D eigenvalue weighted by molar-refractivity contribution is 0.0954. The zero-order valence-electron chi connectivity index (χ0n) is 15.2. The van der Waals surface area contributed by atoms with E-state index in [1.807, 2.05) is 42.3 Å². The van der Waals surface area contributed by atoms with Gasteiger partial charge in [-0.25, -0.2) is 0 Å². The molecule has 0 saturated carbocycles. The fourth-order valence-corrected chi connectivity index (χ4v) is 2.26. The van der Waals surface area contributed by atoms with Crippen molar-refractivity contribution in [3.8, 4) is 5.75 Å². The third-order valence-corrected chi connectivity index (χ3v) is 3.63. The highest BCUT2D eigenvalue weighted by atomic mass is 16.5. The second kappa shape index (κ2) is 10.7. The Morgan fingerprint density at radius 3 is 2.62 bits per heavy atom. The lowest BCUT2D eigenvalue weighted by Gasteiger charge is -2.22. The highest BCUT2D eigenvalue weighted by Crippen LogP contribution is 2.07. The molecule has 0 aliphatic rings. The number of pyridine rings is 1. The highest BCUT2D eigenvalue weighted by molar-refractivity contribution is 5.93. The maximum atomic E-state index is 11.9. The quantitative estimate of drug-likeness (QED) is 0.425. The van der Waals surface area contributed by atoms with Crippen LogP contribution in [0.25, 0.3) is 0 Å². The van der Waals surface area contributed by atoms with E-state index < -0.39 is 0 Å². The van der Waals surface area contributed by atoms with E-state index in [1.54, 1.807) is 31.6 Å². The number of carbonyl (C=O) groups excluding carboxylic acids is 1. The van der Waals surface area contributed by atoms with Crippen LogP contribution in [0.3, 0.4) is 0 Å². The van der Waals surface area contributed by atoms with Crippen LogP contribution in [0.2, 0.25) is 0 Å². The van der Waals surface area contributed by atoms with E-state index in [2.05, 4.69) is 20.6 Å². The maximum absolute atomic E-state index is 11.9. The van der Waals surface area contributed by atoms with Gasteiger partial charge in [-0.2, -0.15) is 0 Å². The molecule has 26 heavy (non-hydrogen) atoms. The minimum Gasteiger partial charge on any atom is -0.492 e. The molecule has 1 amide bonds. The minimum absolute atomic E-state index is 0.139. The Hall–Kier alpha value is -3.09. The second-order valence-corrected chi connectivity index (χ2v) is 5.55. The van der Waals surface area contributed by atoms with Crippen LogP contribution < -0.4 is 15.4 Å². The molecule has 0 unspecified atom stereocenters. The number of guanidine groups is 1. The normalized spacial score (nSPS) is 10.9. The average Bonchev–Trinajstić information content (AvgIpc) is 2.69. The summed E-state index contributed by atoms with van der Waals surface area (Å²) in [4.78, 5) is 22.1. The summed E-state index contributed by atoms with van der Waals surface area (Å²) in [5.41, 5.74) is 0.548. The molecule has 0 aliphatic heterocycles. The molecule has 1 heterocycles. The van der Waals surface area contributed by atoms with Gasteiger partial charge in [-0.3, -0.25) is 14.8 Å². The predicted molar refractivity (Wildman–Crippen MR) is 102 cm³/mol. The number of aliphatic imine (C=N–C) groups is 1. The van der Waals surface area contributed by atoms with Gasteiger partial charge in [0.15, 0.2) is 5.96 Å². The number of nitrogens with one attached hydrogen (secondary N) is 2. The number of para-hydroxylation sites is 1. The Labute approximate surface area is 154 Å². The van der Waals surface area contributed by atoms with Crippen molar-refractivity contribution in [1.82, 2.24) is 20.5 Å². The lowest BCUT2D eigenvalue weighted by Crippen LogP contribution is -2.43. The van der Waals surface area contributed by atoms with E-state index in [0.29, 0.717) is 31.8 Å². The lowest BCUT2D eigenvalue weighted by atomic mass is 10.3. The zero-order chi connectivity index (χ0) is 18.6. The summed E-state index contributed by atoms with van der Waals surface area (Å²) in [7, 11) is 3.67. The molecule has 0 atom stereocenters. The minimum atomic E-state index is -0.139. The molecule has 1 aromatic heterocycles. The molecular formula is C19H25N5O2. The number of hydrogen-bond acceptors (Lipinski definition) is 4. The fourth-order valence-electron chi connectivity index (χ4n) is 2.26. The van der Waals surface area contributed by atoms with Gasteiger partial charge in [0.1, 0.15) is 12.4 Å². The van der Waals surface area contributed by atoms with Crippen molar-refractivity contribution in [3.63, 3.8) is 0 Å².